The average Bonchev–Trinajstić information content (AvgIpc) is 2.91. The lowest BCUT2D eigenvalue weighted by molar-refractivity contribution is 0.0434. The number of aliphatic hydroxyl groups is 1. The van der Waals surface area contributed by atoms with Crippen LogP contribution in [-0.2, 0) is 4.74 Å². The molecule has 1 aliphatic rings. The summed E-state index contributed by atoms with van der Waals surface area (Å²) >= 11 is 0. The molecule has 0 saturated carbocycles. The van der Waals surface area contributed by atoms with Crippen molar-refractivity contribution in [2.45, 2.75) is 0 Å². The van der Waals surface area contributed by atoms with E-state index in [2.05, 4.69) is 10.5 Å². The molecule has 0 heterocycles. The van der Waals surface area contributed by atoms with Gasteiger partial charge in [0.2, 0.25) is 0 Å². The number of amides is 2. The van der Waals surface area contributed by atoms with Crippen molar-refractivity contribution >= 4 is 17.7 Å². The first kappa shape index (κ1) is 15.7. The van der Waals surface area contributed by atoms with E-state index in [1.54, 1.807) is 18.2 Å². The summed E-state index contributed by atoms with van der Waals surface area (Å²) in [7, 11) is 0. The van der Waals surface area contributed by atoms with Gasteiger partial charge in [0.25, 0.3) is 0 Å². The van der Waals surface area contributed by atoms with E-state index in [9.17, 15) is 9.59 Å². The molecule has 0 aromatic heterocycles. The molecule has 0 radical (unpaired) electrons. The van der Waals surface area contributed by atoms with Crippen LogP contribution in [-0.4, -0.2) is 36.0 Å². The van der Waals surface area contributed by atoms with Gasteiger partial charge in [-0.3, -0.25) is 0 Å². The molecule has 7 nitrogen and oxygen atoms in total. The number of carbonyl (C=O) groups is 2. The zero-order valence-electron chi connectivity index (χ0n) is 12.7. The molecule has 0 fully saturated rings. The second-order valence-electron chi connectivity index (χ2n) is 5.07. The number of aliphatic hydroxyl groups excluding tert-OH is 1. The summed E-state index contributed by atoms with van der Waals surface area (Å²) in [6.07, 6.45) is 0. The Bertz CT molecular complexity index is 845. The summed E-state index contributed by atoms with van der Waals surface area (Å²) in [4.78, 5) is 23.3. The van der Waals surface area contributed by atoms with Crippen LogP contribution < -0.4 is 11.2 Å². The molecule has 1 aliphatic carbocycles. The number of benzene rings is 2. The Labute approximate surface area is 137 Å². The van der Waals surface area contributed by atoms with Crippen molar-refractivity contribution in [3.8, 4) is 11.1 Å². The number of ether oxygens (including phenoxy) is 1. The van der Waals surface area contributed by atoms with Crippen LogP contribution in [0.25, 0.3) is 11.1 Å². The van der Waals surface area contributed by atoms with Gasteiger partial charge in [-0.25, -0.2) is 15.0 Å². The Kier molecular flexibility index (Phi) is 4.26. The van der Waals surface area contributed by atoms with E-state index in [0.29, 0.717) is 22.4 Å². The van der Waals surface area contributed by atoms with Crippen molar-refractivity contribution in [3.63, 3.8) is 0 Å². The monoisotopic (exact) mass is 325 g/mol. The number of fused-ring (bicyclic) bond motifs is 3. The summed E-state index contributed by atoms with van der Waals surface area (Å²) in [5.41, 5.74) is 11.2. The Hall–Kier alpha value is -3.19. The highest BCUT2D eigenvalue weighted by Gasteiger charge is 2.29. The molecular weight excluding hydrogens is 310 g/mol. The molecule has 2 amide bonds. The molecule has 0 unspecified atom stereocenters. The van der Waals surface area contributed by atoms with Gasteiger partial charge in [0.1, 0.15) is 6.61 Å². The van der Waals surface area contributed by atoms with Gasteiger partial charge >= 0.3 is 12.0 Å². The van der Waals surface area contributed by atoms with Gasteiger partial charge < -0.3 is 15.6 Å². The summed E-state index contributed by atoms with van der Waals surface area (Å²) in [6, 6.07) is 11.8. The lowest BCUT2D eigenvalue weighted by Gasteiger charge is -2.08. The lowest BCUT2D eigenvalue weighted by atomic mass is 9.99. The smallest absolute Gasteiger partial charge is 0.338 e. The van der Waals surface area contributed by atoms with E-state index in [0.717, 1.165) is 11.1 Å². The van der Waals surface area contributed by atoms with Crippen LogP contribution >= 0.6 is 0 Å². The van der Waals surface area contributed by atoms with Gasteiger partial charge in [-0.1, -0.05) is 36.4 Å². The van der Waals surface area contributed by atoms with Gasteiger partial charge in [-0.05, 0) is 11.6 Å². The number of hydrogen-bond donors (Lipinski definition) is 3. The number of hydrogen-bond acceptors (Lipinski definition) is 5. The largest absolute Gasteiger partial charge is 0.460 e. The fourth-order valence-corrected chi connectivity index (χ4v) is 2.71. The number of hydrazone groups is 1. The first-order valence-corrected chi connectivity index (χ1v) is 7.27. The summed E-state index contributed by atoms with van der Waals surface area (Å²) < 4.78 is 5.03. The van der Waals surface area contributed by atoms with Crippen molar-refractivity contribution in [1.82, 2.24) is 5.43 Å². The highest BCUT2D eigenvalue weighted by Crippen LogP contribution is 2.39. The van der Waals surface area contributed by atoms with Crippen molar-refractivity contribution in [2.24, 2.45) is 10.8 Å². The highest BCUT2D eigenvalue weighted by molar-refractivity contribution is 6.26. The number of esters is 1. The number of primary amides is 1. The molecule has 0 bridgehead atoms. The van der Waals surface area contributed by atoms with Crippen LogP contribution in [0.5, 0.6) is 0 Å². The van der Waals surface area contributed by atoms with Crippen molar-refractivity contribution < 1.29 is 19.4 Å². The molecule has 0 spiro atoms. The Morgan fingerprint density at radius 3 is 2.50 bits per heavy atom. The molecule has 4 N–H and O–H groups in total. The Balaban J connectivity index is 2.15. The van der Waals surface area contributed by atoms with E-state index in [1.807, 2.05) is 24.3 Å². The standard InChI is InChI=1S/C17H15N3O4/c18-17(23)20-19-15-11-5-2-1-4-10(11)14-12(15)6-3-7-13(14)16(22)24-9-8-21/h1-7,21H,8-9H2,(H3,18,20,23)/b19-15-. The molecule has 0 atom stereocenters. The molecular formula is C17H15N3O4. The third-order valence-electron chi connectivity index (χ3n) is 3.59. The minimum atomic E-state index is -0.771. The highest BCUT2D eigenvalue weighted by atomic mass is 16.5. The Morgan fingerprint density at radius 2 is 1.79 bits per heavy atom. The molecule has 3 rings (SSSR count). The van der Waals surface area contributed by atoms with Gasteiger partial charge in [-0.2, -0.15) is 5.10 Å². The van der Waals surface area contributed by atoms with Crippen LogP contribution in [0.3, 0.4) is 0 Å². The van der Waals surface area contributed by atoms with Crippen LogP contribution in [0.15, 0.2) is 47.6 Å². The quantitative estimate of drug-likeness (QED) is 0.494. The van der Waals surface area contributed by atoms with E-state index in [4.69, 9.17) is 15.6 Å². The first-order valence-electron chi connectivity index (χ1n) is 7.27. The molecule has 2 aromatic rings. The number of nitrogens with one attached hydrogen (secondary N) is 1. The SMILES string of the molecule is NC(=O)N/N=C1/c2ccccc2-c2c(C(=O)OCCO)cccc21. The molecule has 2 aromatic carbocycles. The van der Waals surface area contributed by atoms with Crippen LogP contribution in [0.2, 0.25) is 0 Å². The number of urea groups is 1. The average molecular weight is 325 g/mol. The minimum Gasteiger partial charge on any atom is -0.460 e. The maximum absolute atomic E-state index is 12.3. The maximum Gasteiger partial charge on any atom is 0.338 e. The molecule has 24 heavy (non-hydrogen) atoms. The van der Waals surface area contributed by atoms with Gasteiger partial charge in [0.05, 0.1) is 17.9 Å². The third-order valence-corrected chi connectivity index (χ3v) is 3.59. The fraction of sp³-hybridized carbons (Fsp3) is 0.118. The van der Waals surface area contributed by atoms with E-state index < -0.39 is 12.0 Å². The summed E-state index contributed by atoms with van der Waals surface area (Å²) in [5, 5.41) is 12.9. The van der Waals surface area contributed by atoms with Crippen molar-refractivity contribution in [1.29, 1.82) is 0 Å². The van der Waals surface area contributed by atoms with Crippen LogP contribution in [0.4, 0.5) is 4.79 Å². The predicted molar refractivity (Wildman–Crippen MR) is 87.6 cm³/mol. The Morgan fingerprint density at radius 1 is 1.08 bits per heavy atom. The molecule has 0 saturated heterocycles. The summed E-state index contributed by atoms with van der Waals surface area (Å²) in [6.45, 7) is -0.319. The summed E-state index contributed by atoms with van der Waals surface area (Å²) in [5.74, 6) is -0.528. The lowest BCUT2D eigenvalue weighted by Crippen LogP contribution is -2.25. The van der Waals surface area contributed by atoms with E-state index in [-0.39, 0.29) is 13.2 Å². The second kappa shape index (κ2) is 6.51. The number of rotatable bonds is 4. The van der Waals surface area contributed by atoms with Gasteiger partial charge in [0, 0.05) is 16.7 Å². The number of nitrogens with zero attached hydrogens (tertiary/aromatic N) is 1. The van der Waals surface area contributed by atoms with E-state index in [1.165, 1.54) is 0 Å². The third kappa shape index (κ3) is 2.72. The van der Waals surface area contributed by atoms with E-state index >= 15 is 0 Å². The second-order valence-corrected chi connectivity index (χ2v) is 5.07. The van der Waals surface area contributed by atoms with Gasteiger partial charge in [-0.15, -0.1) is 0 Å². The fourth-order valence-electron chi connectivity index (χ4n) is 2.71. The zero-order chi connectivity index (χ0) is 17.1. The van der Waals surface area contributed by atoms with Crippen molar-refractivity contribution in [2.75, 3.05) is 13.2 Å². The van der Waals surface area contributed by atoms with Crippen LogP contribution in [0, 0.1) is 0 Å². The molecule has 122 valence electrons. The minimum absolute atomic E-state index is 0.0751. The maximum atomic E-state index is 12.3. The molecule has 7 heteroatoms. The topological polar surface area (TPSA) is 114 Å². The normalized spacial score (nSPS) is 13.3. The number of carbonyl (C=O) groups excluding carboxylic acids is 2. The number of nitrogens with two attached hydrogens (primary N) is 1. The first-order chi connectivity index (χ1) is 11.6. The van der Waals surface area contributed by atoms with Crippen LogP contribution in [0.1, 0.15) is 21.5 Å². The molecule has 0 aliphatic heterocycles. The van der Waals surface area contributed by atoms with Gasteiger partial charge in [0.15, 0.2) is 0 Å². The predicted octanol–water partition coefficient (Wildman–Crippen LogP) is 1.24. The van der Waals surface area contributed by atoms with Crippen molar-refractivity contribution in [3.05, 3.63) is 59.2 Å². The zero-order valence-corrected chi connectivity index (χ0v) is 12.7.